The molecule has 2 atom stereocenters. The van der Waals surface area contributed by atoms with Crippen LogP contribution in [0.1, 0.15) is 78.1 Å². The van der Waals surface area contributed by atoms with Crippen molar-refractivity contribution < 1.29 is 22.7 Å². The van der Waals surface area contributed by atoms with Gasteiger partial charge in [0, 0.05) is 16.9 Å². The highest BCUT2D eigenvalue weighted by atomic mass is 19.4. The Morgan fingerprint density at radius 2 is 0.966 bits per heavy atom. The lowest BCUT2D eigenvalue weighted by atomic mass is 9.74. The number of halogens is 3. The van der Waals surface area contributed by atoms with Gasteiger partial charge in [-0.05, 0) is 147 Å². The minimum absolute atomic E-state index is 0.234. The van der Waals surface area contributed by atoms with Crippen molar-refractivity contribution in [3.8, 4) is 55.6 Å². The molecule has 2 unspecified atom stereocenters. The first-order valence-electron chi connectivity index (χ1n) is 19.9. The monoisotopic (exact) mass is 770 g/mol. The van der Waals surface area contributed by atoms with Crippen molar-refractivity contribution in [2.75, 3.05) is 6.61 Å². The van der Waals surface area contributed by atoms with Crippen LogP contribution in [0.4, 0.5) is 13.2 Å². The molecule has 3 aliphatic carbocycles. The quantitative estimate of drug-likeness (QED) is 0.0667. The number of fused-ring (bicyclic) bond motifs is 9. The number of benzene rings is 6. The fourth-order valence-electron chi connectivity index (χ4n) is 10.1. The Morgan fingerprint density at radius 3 is 1.43 bits per heavy atom. The third-order valence-electron chi connectivity index (χ3n) is 13.4. The van der Waals surface area contributed by atoms with Crippen molar-refractivity contribution in [2.24, 2.45) is 0 Å². The fraction of sp³-hybridized carbons (Fsp3) is 0.226. The Morgan fingerprint density at radius 1 is 0.586 bits per heavy atom. The van der Waals surface area contributed by atoms with Gasteiger partial charge < -0.3 is 4.74 Å². The van der Waals surface area contributed by atoms with E-state index in [2.05, 4.69) is 102 Å². The molecule has 0 heterocycles. The molecule has 5 heteroatoms. The Balaban J connectivity index is 1.11. The zero-order valence-electron chi connectivity index (χ0n) is 33.5. The SMILES string of the molecule is C=CC(=O)OCCCC1(C=C)c2cc(C)ccc2-c2ccc(-c3ccc4c(c3)C(C)(C(F)(F)F)c3cc(-c5ccc6c(c5)C(C)(C)c5cc(C)ccc5-6)ccc3-4)cc21. The minimum atomic E-state index is -4.56. The molecule has 58 heavy (non-hydrogen) atoms. The van der Waals surface area contributed by atoms with E-state index in [-0.39, 0.29) is 23.1 Å². The van der Waals surface area contributed by atoms with Crippen molar-refractivity contribution >= 4 is 5.97 Å². The van der Waals surface area contributed by atoms with Crippen LogP contribution in [0.3, 0.4) is 0 Å². The average molecular weight is 771 g/mol. The summed E-state index contributed by atoms with van der Waals surface area (Å²) in [5.41, 5.74) is 13.4. The number of ether oxygens (including phenoxy) is 1. The van der Waals surface area contributed by atoms with Gasteiger partial charge in [-0.25, -0.2) is 4.79 Å². The van der Waals surface area contributed by atoms with E-state index >= 15 is 13.2 Å². The van der Waals surface area contributed by atoms with Crippen molar-refractivity contribution in [1.82, 2.24) is 0 Å². The van der Waals surface area contributed by atoms with Gasteiger partial charge in [0.1, 0.15) is 5.41 Å². The van der Waals surface area contributed by atoms with E-state index in [4.69, 9.17) is 4.74 Å². The molecule has 6 aromatic carbocycles. The molecule has 0 aromatic heterocycles. The van der Waals surface area contributed by atoms with Gasteiger partial charge >= 0.3 is 12.1 Å². The molecule has 0 fully saturated rings. The average Bonchev–Trinajstić information content (AvgIpc) is 3.73. The standard InChI is InChI=1S/C53H45F3O2/c1-8-49(57)58-24-10-23-52(9-2)47-26-32(4)12-18-41(47)42-22-16-36(30-48(42)52)35-15-21-40-39-20-14-34(28-45(39)51(7,46(40)29-35)53(54,55)56)33-13-19-38-37-17-11-31(3)25-43(37)50(5,6)44(38)27-33/h8-9,11-22,25-30H,1-2,10,23-24H2,3-7H3. The number of aryl methyl sites for hydroxylation is 2. The number of hydrogen-bond acceptors (Lipinski definition) is 2. The van der Waals surface area contributed by atoms with E-state index in [0.29, 0.717) is 29.5 Å². The summed E-state index contributed by atoms with van der Waals surface area (Å²) in [5, 5.41) is 0. The van der Waals surface area contributed by atoms with E-state index < -0.39 is 23.0 Å². The van der Waals surface area contributed by atoms with Crippen LogP contribution in [0.25, 0.3) is 55.6 Å². The van der Waals surface area contributed by atoms with Crippen LogP contribution in [0.2, 0.25) is 0 Å². The van der Waals surface area contributed by atoms with Gasteiger partial charge in [-0.3, -0.25) is 0 Å². The first-order valence-corrected chi connectivity index (χ1v) is 19.9. The molecule has 3 aliphatic rings. The predicted molar refractivity (Wildman–Crippen MR) is 229 cm³/mol. The molecule has 6 aromatic rings. The second-order valence-corrected chi connectivity index (χ2v) is 17.0. The molecule has 2 nitrogen and oxygen atoms in total. The molecule has 0 N–H and O–H groups in total. The molecule has 9 rings (SSSR count). The lowest BCUT2D eigenvalue weighted by Crippen LogP contribution is -2.38. The second-order valence-electron chi connectivity index (χ2n) is 17.0. The Labute approximate surface area is 338 Å². The number of carbonyl (C=O) groups excluding carboxylic acids is 1. The summed E-state index contributed by atoms with van der Waals surface area (Å²) < 4.78 is 52.5. The number of carbonyl (C=O) groups is 1. The predicted octanol–water partition coefficient (Wildman–Crippen LogP) is 13.8. The van der Waals surface area contributed by atoms with Gasteiger partial charge in [-0.2, -0.15) is 13.2 Å². The summed E-state index contributed by atoms with van der Waals surface area (Å²) in [7, 11) is 0. The van der Waals surface area contributed by atoms with Gasteiger partial charge in [-0.1, -0.05) is 123 Å². The van der Waals surface area contributed by atoms with Crippen molar-refractivity contribution in [1.29, 1.82) is 0 Å². The molecule has 0 radical (unpaired) electrons. The first-order chi connectivity index (χ1) is 27.6. The topological polar surface area (TPSA) is 26.3 Å². The molecule has 0 spiro atoms. The maximum absolute atomic E-state index is 15.7. The highest BCUT2D eigenvalue weighted by Crippen LogP contribution is 2.59. The summed E-state index contributed by atoms with van der Waals surface area (Å²) in [6.07, 6.45) is -0.215. The highest BCUT2D eigenvalue weighted by Gasteiger charge is 2.58. The van der Waals surface area contributed by atoms with E-state index in [0.717, 1.165) is 50.6 Å². The lowest BCUT2D eigenvalue weighted by Gasteiger charge is -2.31. The van der Waals surface area contributed by atoms with Gasteiger partial charge in [-0.15, -0.1) is 6.58 Å². The van der Waals surface area contributed by atoms with Crippen molar-refractivity contribution in [3.05, 3.63) is 179 Å². The van der Waals surface area contributed by atoms with Gasteiger partial charge in [0.15, 0.2) is 0 Å². The molecule has 0 saturated carbocycles. The van der Waals surface area contributed by atoms with Crippen LogP contribution in [0, 0.1) is 13.8 Å². The smallest absolute Gasteiger partial charge is 0.402 e. The van der Waals surface area contributed by atoms with Crippen molar-refractivity contribution in [3.63, 3.8) is 0 Å². The van der Waals surface area contributed by atoms with Gasteiger partial charge in [0.25, 0.3) is 0 Å². The maximum Gasteiger partial charge on any atom is 0.402 e. The van der Waals surface area contributed by atoms with Crippen LogP contribution in [-0.2, 0) is 25.8 Å². The molecular weight excluding hydrogens is 726 g/mol. The van der Waals surface area contributed by atoms with Crippen molar-refractivity contribution in [2.45, 2.75) is 69.9 Å². The number of esters is 1. The van der Waals surface area contributed by atoms with E-state index in [1.807, 2.05) is 42.5 Å². The summed E-state index contributed by atoms with van der Waals surface area (Å²) in [6, 6.07) is 36.7. The fourth-order valence-corrected chi connectivity index (χ4v) is 10.1. The Kier molecular flexibility index (Phi) is 8.46. The van der Waals surface area contributed by atoms with Gasteiger partial charge in [0.2, 0.25) is 0 Å². The van der Waals surface area contributed by atoms with E-state index in [1.54, 1.807) is 12.1 Å². The van der Waals surface area contributed by atoms with Crippen LogP contribution in [-0.4, -0.2) is 18.8 Å². The molecular formula is C53H45F3O2. The summed E-state index contributed by atoms with van der Waals surface area (Å²) in [6.45, 7) is 18.0. The molecule has 0 aliphatic heterocycles. The zero-order chi connectivity index (χ0) is 40.9. The first kappa shape index (κ1) is 37.6. The van der Waals surface area contributed by atoms with E-state index in [9.17, 15) is 4.79 Å². The molecule has 0 bridgehead atoms. The van der Waals surface area contributed by atoms with Crippen LogP contribution >= 0.6 is 0 Å². The summed E-state index contributed by atoms with van der Waals surface area (Å²) in [5.74, 6) is -0.465. The number of rotatable bonds is 8. The number of hydrogen-bond donors (Lipinski definition) is 0. The zero-order valence-corrected chi connectivity index (χ0v) is 33.5. The third-order valence-corrected chi connectivity index (χ3v) is 13.4. The third kappa shape index (κ3) is 5.35. The largest absolute Gasteiger partial charge is 0.463 e. The normalized spacial score (nSPS) is 19.0. The maximum atomic E-state index is 15.7. The van der Waals surface area contributed by atoms with Crippen LogP contribution in [0.5, 0.6) is 0 Å². The van der Waals surface area contributed by atoms with Gasteiger partial charge in [0.05, 0.1) is 6.61 Å². The molecule has 290 valence electrons. The molecule has 0 saturated heterocycles. The van der Waals surface area contributed by atoms with E-state index in [1.165, 1.54) is 34.7 Å². The van der Waals surface area contributed by atoms with Crippen LogP contribution in [0.15, 0.2) is 135 Å². The van der Waals surface area contributed by atoms with Crippen LogP contribution < -0.4 is 0 Å². The molecule has 0 amide bonds. The Bertz CT molecular complexity index is 2750. The second kappa shape index (κ2) is 13.0. The highest BCUT2D eigenvalue weighted by molar-refractivity contribution is 5.90. The number of alkyl halides is 3. The summed E-state index contributed by atoms with van der Waals surface area (Å²) >= 11 is 0. The summed E-state index contributed by atoms with van der Waals surface area (Å²) in [4.78, 5) is 11.8. The lowest BCUT2D eigenvalue weighted by molar-refractivity contribution is -0.172. The number of allylic oxidation sites excluding steroid dienone is 1. The minimum Gasteiger partial charge on any atom is -0.463 e. The Hall–Kier alpha value is -5.94.